The number of hydrogen-bond donors (Lipinski definition) is 1. The highest BCUT2D eigenvalue weighted by Gasteiger charge is 2.32. The van der Waals surface area contributed by atoms with Crippen molar-refractivity contribution in [3.05, 3.63) is 17.0 Å². The summed E-state index contributed by atoms with van der Waals surface area (Å²) in [7, 11) is 1.27. The van der Waals surface area contributed by atoms with Crippen molar-refractivity contribution in [1.29, 1.82) is 0 Å². The molecule has 0 saturated carbocycles. The number of aryl methyl sites for hydroxylation is 2. The molecule has 0 aromatic carbocycles. The van der Waals surface area contributed by atoms with E-state index in [1.54, 1.807) is 27.7 Å². The summed E-state index contributed by atoms with van der Waals surface area (Å²) in [5, 5.41) is 6.26. The van der Waals surface area contributed by atoms with Crippen LogP contribution in [0.25, 0.3) is 0 Å². The van der Waals surface area contributed by atoms with Crippen LogP contribution >= 0.6 is 0 Å². The topological polar surface area (TPSA) is 81.4 Å². The van der Waals surface area contributed by atoms with Gasteiger partial charge in [-0.25, -0.2) is 4.79 Å². The maximum atomic E-state index is 12.0. The van der Waals surface area contributed by atoms with Gasteiger partial charge in [0.05, 0.1) is 12.8 Å². The maximum absolute atomic E-state index is 12.0. The van der Waals surface area contributed by atoms with Crippen molar-refractivity contribution in [1.82, 2.24) is 10.5 Å². The molecule has 0 radical (unpaired) electrons. The first-order valence-corrected chi connectivity index (χ1v) is 5.13. The van der Waals surface area contributed by atoms with E-state index >= 15 is 0 Å². The molecule has 94 valence electrons. The van der Waals surface area contributed by atoms with Crippen LogP contribution in [0.4, 0.5) is 0 Å². The van der Waals surface area contributed by atoms with Crippen molar-refractivity contribution in [2.75, 3.05) is 7.11 Å². The third-order valence-corrected chi connectivity index (χ3v) is 2.38. The summed E-state index contributed by atoms with van der Waals surface area (Å²) in [6.07, 6.45) is 0. The lowest BCUT2D eigenvalue weighted by molar-refractivity contribution is -0.146. The van der Waals surface area contributed by atoms with Gasteiger partial charge in [-0.1, -0.05) is 5.16 Å². The minimum Gasteiger partial charge on any atom is -0.467 e. The summed E-state index contributed by atoms with van der Waals surface area (Å²) in [4.78, 5) is 23.4. The second-order valence-electron chi connectivity index (χ2n) is 4.27. The number of ether oxygens (including phenoxy) is 1. The van der Waals surface area contributed by atoms with E-state index in [1.807, 2.05) is 0 Å². The van der Waals surface area contributed by atoms with Crippen molar-refractivity contribution in [3.63, 3.8) is 0 Å². The minimum atomic E-state index is -1.10. The molecule has 1 rings (SSSR count). The number of aromatic nitrogens is 1. The van der Waals surface area contributed by atoms with Crippen molar-refractivity contribution in [2.24, 2.45) is 0 Å². The Kier molecular flexibility index (Phi) is 3.55. The SMILES string of the molecule is COC(=O)C(C)(C)NC(=O)c1c(C)noc1C. The van der Waals surface area contributed by atoms with E-state index in [9.17, 15) is 9.59 Å². The fourth-order valence-corrected chi connectivity index (χ4v) is 1.46. The van der Waals surface area contributed by atoms with Crippen LogP contribution < -0.4 is 5.32 Å². The molecule has 0 spiro atoms. The standard InChI is InChI=1S/C11H16N2O4/c1-6-8(7(2)17-13-6)9(14)12-11(3,4)10(15)16-5/h1-5H3,(H,12,14). The molecule has 0 aliphatic carbocycles. The fraction of sp³-hybridized carbons (Fsp3) is 0.545. The second-order valence-corrected chi connectivity index (χ2v) is 4.27. The average Bonchev–Trinajstić information content (AvgIpc) is 2.56. The molecular weight excluding hydrogens is 224 g/mol. The summed E-state index contributed by atoms with van der Waals surface area (Å²) in [5.41, 5.74) is -0.259. The Hall–Kier alpha value is -1.85. The van der Waals surface area contributed by atoms with Crippen molar-refractivity contribution in [3.8, 4) is 0 Å². The summed E-state index contributed by atoms with van der Waals surface area (Å²) in [6, 6.07) is 0. The molecule has 6 nitrogen and oxygen atoms in total. The van der Waals surface area contributed by atoms with E-state index in [0.717, 1.165) is 0 Å². The third-order valence-electron chi connectivity index (χ3n) is 2.38. The third kappa shape index (κ3) is 2.64. The molecule has 0 saturated heterocycles. The maximum Gasteiger partial charge on any atom is 0.330 e. The summed E-state index contributed by atoms with van der Waals surface area (Å²) >= 11 is 0. The smallest absolute Gasteiger partial charge is 0.330 e. The lowest BCUT2D eigenvalue weighted by atomic mass is 10.0. The largest absolute Gasteiger partial charge is 0.467 e. The molecule has 0 fully saturated rings. The van der Waals surface area contributed by atoms with Crippen LogP contribution in [0.1, 0.15) is 35.7 Å². The quantitative estimate of drug-likeness (QED) is 0.796. The van der Waals surface area contributed by atoms with Crippen LogP contribution in [0.3, 0.4) is 0 Å². The molecule has 0 atom stereocenters. The van der Waals surface area contributed by atoms with Gasteiger partial charge in [-0.3, -0.25) is 4.79 Å². The van der Waals surface area contributed by atoms with Gasteiger partial charge >= 0.3 is 5.97 Å². The second kappa shape index (κ2) is 4.57. The first-order valence-electron chi connectivity index (χ1n) is 5.13. The van der Waals surface area contributed by atoms with Crippen LogP contribution in [0.5, 0.6) is 0 Å². The van der Waals surface area contributed by atoms with E-state index < -0.39 is 17.4 Å². The Labute approximate surface area is 99.3 Å². The molecule has 6 heteroatoms. The van der Waals surface area contributed by atoms with Crippen LogP contribution in [0.2, 0.25) is 0 Å². The summed E-state index contributed by atoms with van der Waals surface area (Å²) in [5.74, 6) is -0.505. The number of methoxy groups -OCH3 is 1. The minimum absolute atomic E-state index is 0.349. The van der Waals surface area contributed by atoms with E-state index in [4.69, 9.17) is 4.52 Å². The Bertz CT molecular complexity index is 429. The van der Waals surface area contributed by atoms with Gasteiger partial charge in [0.1, 0.15) is 16.9 Å². The van der Waals surface area contributed by atoms with Gasteiger partial charge in [-0.05, 0) is 27.7 Å². The molecule has 1 amide bonds. The average molecular weight is 240 g/mol. The molecule has 1 aromatic rings. The lowest BCUT2D eigenvalue weighted by Crippen LogP contribution is -2.50. The van der Waals surface area contributed by atoms with Crippen LogP contribution in [0, 0.1) is 13.8 Å². The summed E-state index contributed by atoms with van der Waals surface area (Å²) < 4.78 is 9.49. The van der Waals surface area contributed by atoms with Gasteiger partial charge in [0.15, 0.2) is 0 Å². The molecular formula is C11H16N2O4. The Morgan fingerprint density at radius 3 is 2.35 bits per heavy atom. The highest BCUT2D eigenvalue weighted by molar-refractivity contribution is 5.99. The van der Waals surface area contributed by atoms with Crippen molar-refractivity contribution < 1.29 is 18.8 Å². The molecule has 0 unspecified atom stereocenters. The van der Waals surface area contributed by atoms with Gasteiger partial charge in [-0.2, -0.15) is 0 Å². The normalized spacial score (nSPS) is 11.1. The summed E-state index contributed by atoms with van der Waals surface area (Å²) in [6.45, 7) is 6.43. The van der Waals surface area contributed by atoms with Gasteiger partial charge < -0.3 is 14.6 Å². The monoisotopic (exact) mass is 240 g/mol. The number of rotatable bonds is 3. The first-order chi connectivity index (χ1) is 7.79. The van der Waals surface area contributed by atoms with E-state index in [-0.39, 0.29) is 0 Å². The van der Waals surface area contributed by atoms with Gasteiger partial charge in [-0.15, -0.1) is 0 Å². The van der Waals surface area contributed by atoms with Gasteiger partial charge in [0, 0.05) is 0 Å². The number of nitrogens with zero attached hydrogens (tertiary/aromatic N) is 1. The zero-order chi connectivity index (χ0) is 13.2. The number of carbonyl (C=O) groups is 2. The number of hydrogen-bond acceptors (Lipinski definition) is 5. The molecule has 0 aliphatic heterocycles. The predicted molar refractivity (Wildman–Crippen MR) is 59.5 cm³/mol. The number of nitrogens with one attached hydrogen (secondary N) is 1. The Morgan fingerprint density at radius 1 is 1.35 bits per heavy atom. The molecule has 0 aliphatic rings. The molecule has 1 N–H and O–H groups in total. The van der Waals surface area contributed by atoms with Crippen molar-refractivity contribution >= 4 is 11.9 Å². The predicted octanol–water partition coefficient (Wildman–Crippen LogP) is 0.973. The Morgan fingerprint density at radius 2 is 1.94 bits per heavy atom. The van der Waals surface area contributed by atoms with Crippen molar-refractivity contribution in [2.45, 2.75) is 33.2 Å². The van der Waals surface area contributed by atoms with E-state index in [0.29, 0.717) is 17.0 Å². The Balaban J connectivity index is 2.91. The van der Waals surface area contributed by atoms with Crippen LogP contribution in [-0.4, -0.2) is 29.7 Å². The molecule has 0 bridgehead atoms. The first kappa shape index (κ1) is 13.2. The molecule has 1 heterocycles. The molecule has 1 aromatic heterocycles. The van der Waals surface area contributed by atoms with Gasteiger partial charge in [0.25, 0.3) is 5.91 Å². The number of carbonyl (C=O) groups excluding carboxylic acids is 2. The fourth-order valence-electron chi connectivity index (χ4n) is 1.46. The van der Waals surface area contributed by atoms with Crippen LogP contribution in [-0.2, 0) is 9.53 Å². The van der Waals surface area contributed by atoms with Crippen LogP contribution in [0.15, 0.2) is 4.52 Å². The van der Waals surface area contributed by atoms with Gasteiger partial charge in [0.2, 0.25) is 0 Å². The lowest BCUT2D eigenvalue weighted by Gasteiger charge is -2.22. The zero-order valence-corrected chi connectivity index (χ0v) is 10.6. The van der Waals surface area contributed by atoms with E-state index in [2.05, 4.69) is 15.2 Å². The van der Waals surface area contributed by atoms with E-state index in [1.165, 1.54) is 7.11 Å². The highest BCUT2D eigenvalue weighted by atomic mass is 16.5. The highest BCUT2D eigenvalue weighted by Crippen LogP contribution is 2.14. The molecule has 17 heavy (non-hydrogen) atoms. The zero-order valence-electron chi connectivity index (χ0n) is 10.6. The number of amides is 1. The number of esters is 1.